The van der Waals surface area contributed by atoms with Gasteiger partial charge < -0.3 is 9.84 Å². The summed E-state index contributed by atoms with van der Waals surface area (Å²) in [5, 5.41) is 9.58. The van der Waals surface area contributed by atoms with Gasteiger partial charge in [0.2, 0.25) is 0 Å². The van der Waals surface area contributed by atoms with Crippen molar-refractivity contribution in [3.05, 3.63) is 114 Å². The lowest BCUT2D eigenvalue weighted by Crippen LogP contribution is -2.18. The van der Waals surface area contributed by atoms with Gasteiger partial charge in [0.05, 0.1) is 0 Å². The fraction of sp³-hybridized carbons (Fsp3) is 0.226. The molecule has 0 bridgehead atoms. The first-order chi connectivity index (χ1) is 16.1. The highest BCUT2D eigenvalue weighted by molar-refractivity contribution is 7.99. The summed E-state index contributed by atoms with van der Waals surface area (Å²) >= 11 is 1.75. The molecule has 0 spiro atoms. The van der Waals surface area contributed by atoms with Crippen LogP contribution in [0.25, 0.3) is 0 Å². The third-order valence-corrected chi connectivity index (χ3v) is 7.20. The van der Waals surface area contributed by atoms with Crippen LogP contribution in [0, 0.1) is 0 Å². The quantitative estimate of drug-likeness (QED) is 0.306. The van der Waals surface area contributed by atoms with E-state index < -0.39 is 0 Å². The maximum Gasteiger partial charge on any atom is 0.127 e. The van der Waals surface area contributed by atoms with Crippen LogP contribution in [-0.4, -0.2) is 5.11 Å². The molecule has 0 aliphatic rings. The van der Waals surface area contributed by atoms with Gasteiger partial charge in [-0.15, -0.1) is 0 Å². The van der Waals surface area contributed by atoms with E-state index in [9.17, 15) is 5.11 Å². The Balaban J connectivity index is 1.40. The zero-order valence-corrected chi connectivity index (χ0v) is 21.3. The number of aromatic hydroxyl groups is 1. The normalized spacial score (nSPS) is 11.9. The molecule has 0 fully saturated rings. The van der Waals surface area contributed by atoms with Crippen LogP contribution in [-0.2, 0) is 10.8 Å². The minimum atomic E-state index is -0.170. The monoisotopic (exact) mass is 468 g/mol. The molecule has 0 aliphatic carbocycles. The standard InChI is InChI=1S/C31H32O2S/c1-30(2,3)22-10-18-28(19-11-22)34-29-20-16-27(17-21-29)33-26-14-8-24(9-15-26)31(4,5)23-6-12-25(32)13-7-23/h6-21,32H,1-5H3. The molecule has 1 N–H and O–H groups in total. The SMILES string of the molecule is CC(C)(C)c1ccc(Sc2ccc(Oc3ccc(C(C)(C)c4ccc(O)cc4)cc3)cc2)cc1. The van der Waals surface area contributed by atoms with Gasteiger partial charge in [-0.2, -0.15) is 0 Å². The molecule has 2 nitrogen and oxygen atoms in total. The molecule has 0 amide bonds. The van der Waals surface area contributed by atoms with Gasteiger partial charge in [-0.25, -0.2) is 0 Å². The summed E-state index contributed by atoms with van der Waals surface area (Å²) in [6.45, 7) is 11.1. The van der Waals surface area contributed by atoms with Crippen molar-refractivity contribution >= 4 is 11.8 Å². The highest BCUT2D eigenvalue weighted by atomic mass is 32.2. The summed E-state index contributed by atoms with van der Waals surface area (Å²) < 4.78 is 6.08. The van der Waals surface area contributed by atoms with Gasteiger partial charge in [-0.3, -0.25) is 0 Å². The van der Waals surface area contributed by atoms with E-state index in [-0.39, 0.29) is 16.6 Å². The van der Waals surface area contributed by atoms with Gasteiger partial charge in [-0.05, 0) is 82.8 Å². The Labute approximate surface area is 207 Å². The molecule has 4 rings (SSSR count). The number of benzene rings is 4. The lowest BCUT2D eigenvalue weighted by molar-refractivity contribution is 0.474. The van der Waals surface area contributed by atoms with Gasteiger partial charge >= 0.3 is 0 Å². The van der Waals surface area contributed by atoms with Crippen LogP contribution >= 0.6 is 11.8 Å². The summed E-state index contributed by atoms with van der Waals surface area (Å²) in [6.07, 6.45) is 0. The second-order valence-corrected chi connectivity index (χ2v) is 11.3. The zero-order chi connectivity index (χ0) is 24.3. The molecule has 0 aliphatic heterocycles. The van der Waals surface area contributed by atoms with E-state index >= 15 is 0 Å². The molecule has 0 radical (unpaired) electrons. The molecular weight excluding hydrogens is 436 g/mol. The van der Waals surface area contributed by atoms with Crippen molar-refractivity contribution in [2.24, 2.45) is 0 Å². The Kier molecular flexibility index (Phi) is 6.77. The summed E-state index contributed by atoms with van der Waals surface area (Å²) in [5.74, 6) is 1.91. The van der Waals surface area contributed by atoms with Gasteiger partial charge in [0.1, 0.15) is 17.2 Å². The predicted octanol–water partition coefficient (Wildman–Crippen LogP) is 8.96. The van der Waals surface area contributed by atoms with E-state index in [4.69, 9.17) is 4.74 Å². The molecule has 4 aromatic rings. The van der Waals surface area contributed by atoms with Gasteiger partial charge in [0, 0.05) is 15.2 Å². The first-order valence-electron chi connectivity index (χ1n) is 11.6. The molecule has 0 saturated carbocycles. The third-order valence-electron chi connectivity index (χ3n) is 6.18. The van der Waals surface area contributed by atoms with Crippen LogP contribution in [0.4, 0.5) is 0 Å². The van der Waals surface area contributed by atoms with E-state index in [0.717, 1.165) is 17.1 Å². The topological polar surface area (TPSA) is 29.5 Å². The van der Waals surface area contributed by atoms with Gasteiger partial charge in [-0.1, -0.05) is 82.8 Å². The summed E-state index contributed by atoms with van der Waals surface area (Å²) in [5.41, 5.74) is 3.69. The Morgan fingerprint density at radius 3 is 1.38 bits per heavy atom. The molecule has 0 heterocycles. The number of phenols is 1. The Morgan fingerprint density at radius 1 is 0.529 bits per heavy atom. The number of hydrogen-bond donors (Lipinski definition) is 1. The minimum Gasteiger partial charge on any atom is -0.508 e. The summed E-state index contributed by atoms with van der Waals surface area (Å²) in [6, 6.07) is 32.7. The van der Waals surface area contributed by atoms with Crippen LogP contribution in [0.3, 0.4) is 0 Å². The number of rotatable bonds is 6. The second kappa shape index (κ2) is 9.60. The number of hydrogen-bond acceptors (Lipinski definition) is 3. The average molecular weight is 469 g/mol. The summed E-state index contributed by atoms with van der Waals surface area (Å²) in [4.78, 5) is 2.41. The van der Waals surface area contributed by atoms with Crippen molar-refractivity contribution in [3.63, 3.8) is 0 Å². The zero-order valence-electron chi connectivity index (χ0n) is 20.5. The molecule has 4 aromatic carbocycles. The van der Waals surface area contributed by atoms with Crippen LogP contribution < -0.4 is 4.74 Å². The Hall–Kier alpha value is -3.17. The molecule has 0 atom stereocenters. The average Bonchev–Trinajstić information content (AvgIpc) is 2.81. The van der Waals surface area contributed by atoms with E-state index in [0.29, 0.717) is 0 Å². The molecule has 3 heteroatoms. The maximum absolute atomic E-state index is 9.58. The Morgan fingerprint density at radius 2 is 0.912 bits per heavy atom. The lowest BCUT2D eigenvalue weighted by atomic mass is 9.78. The maximum atomic E-state index is 9.58. The lowest BCUT2D eigenvalue weighted by Gasteiger charge is -2.26. The van der Waals surface area contributed by atoms with Gasteiger partial charge in [0.25, 0.3) is 0 Å². The van der Waals surface area contributed by atoms with Crippen molar-refractivity contribution in [2.45, 2.75) is 55.2 Å². The largest absolute Gasteiger partial charge is 0.508 e. The van der Waals surface area contributed by atoms with E-state index in [2.05, 4.69) is 83.1 Å². The molecule has 34 heavy (non-hydrogen) atoms. The first kappa shape index (κ1) is 24.0. The first-order valence-corrected chi connectivity index (χ1v) is 12.4. The summed E-state index contributed by atoms with van der Waals surface area (Å²) in [7, 11) is 0. The highest BCUT2D eigenvalue weighted by Crippen LogP contribution is 2.35. The second-order valence-electron chi connectivity index (χ2n) is 10.1. The smallest absolute Gasteiger partial charge is 0.127 e. The molecular formula is C31H32O2S. The van der Waals surface area contributed by atoms with Crippen molar-refractivity contribution in [1.82, 2.24) is 0 Å². The minimum absolute atomic E-state index is 0.168. The molecule has 0 unspecified atom stereocenters. The fourth-order valence-corrected chi connectivity index (χ4v) is 4.67. The van der Waals surface area contributed by atoms with E-state index in [1.807, 2.05) is 36.4 Å². The Bertz CT molecular complexity index is 1220. The van der Waals surface area contributed by atoms with Crippen LogP contribution in [0.1, 0.15) is 51.3 Å². The van der Waals surface area contributed by atoms with Crippen LogP contribution in [0.15, 0.2) is 107 Å². The number of ether oxygens (including phenoxy) is 1. The molecule has 174 valence electrons. The van der Waals surface area contributed by atoms with Crippen molar-refractivity contribution in [3.8, 4) is 17.2 Å². The fourth-order valence-electron chi connectivity index (χ4n) is 3.86. The van der Waals surface area contributed by atoms with Crippen molar-refractivity contribution in [2.75, 3.05) is 0 Å². The van der Waals surface area contributed by atoms with E-state index in [1.165, 1.54) is 20.9 Å². The molecule has 0 aromatic heterocycles. The third kappa shape index (κ3) is 5.66. The van der Waals surface area contributed by atoms with Gasteiger partial charge in [0.15, 0.2) is 0 Å². The van der Waals surface area contributed by atoms with Crippen LogP contribution in [0.5, 0.6) is 17.2 Å². The highest BCUT2D eigenvalue weighted by Gasteiger charge is 2.23. The van der Waals surface area contributed by atoms with Crippen LogP contribution in [0.2, 0.25) is 0 Å². The molecule has 0 saturated heterocycles. The predicted molar refractivity (Wildman–Crippen MR) is 142 cm³/mol. The number of phenolic OH excluding ortho intramolecular Hbond substituents is 1. The van der Waals surface area contributed by atoms with Crippen molar-refractivity contribution in [1.29, 1.82) is 0 Å². The van der Waals surface area contributed by atoms with E-state index in [1.54, 1.807) is 23.9 Å². The van der Waals surface area contributed by atoms with Crippen molar-refractivity contribution < 1.29 is 9.84 Å².